The van der Waals surface area contributed by atoms with Gasteiger partial charge in [0.15, 0.2) is 16.3 Å². The van der Waals surface area contributed by atoms with Crippen LogP contribution in [0.25, 0.3) is 11.8 Å². The van der Waals surface area contributed by atoms with Gasteiger partial charge in [0.1, 0.15) is 6.04 Å². The molecule has 6 rings (SSSR count). The van der Waals surface area contributed by atoms with Gasteiger partial charge in [-0.3, -0.25) is 9.36 Å². The van der Waals surface area contributed by atoms with Crippen LogP contribution in [-0.2, 0) is 20.8 Å². The molecule has 4 heterocycles. The van der Waals surface area contributed by atoms with Crippen molar-refractivity contribution in [1.82, 2.24) is 9.13 Å². The molecule has 0 saturated carbocycles. The Labute approximate surface area is 265 Å². The third-order valence-corrected chi connectivity index (χ3v) is 9.39. The summed E-state index contributed by atoms with van der Waals surface area (Å²) < 4.78 is 27.3. The molecule has 2 aliphatic rings. The number of para-hydroxylation sites is 1. The van der Waals surface area contributed by atoms with Gasteiger partial charge in [-0.1, -0.05) is 53.8 Å². The number of benzene rings is 2. The Balaban J connectivity index is 1.60. The Hall–Kier alpha value is -4.41. The minimum absolute atomic E-state index is 0.165. The van der Waals surface area contributed by atoms with Crippen LogP contribution in [-0.4, -0.2) is 48.6 Å². The maximum Gasteiger partial charge on any atom is 0.338 e. The smallest absolute Gasteiger partial charge is 0.338 e. The minimum atomic E-state index is -0.880. The number of fused-ring (bicyclic) bond motifs is 1. The normalized spacial score (nSPS) is 18.1. The molecule has 2 atom stereocenters. The Morgan fingerprint density at radius 1 is 1.11 bits per heavy atom. The predicted octanol–water partition coefficient (Wildman–Crippen LogP) is 4.55. The Morgan fingerprint density at radius 2 is 1.91 bits per heavy atom. The van der Waals surface area contributed by atoms with Crippen LogP contribution in [0.2, 0.25) is 0 Å². The highest BCUT2D eigenvalue weighted by atomic mass is 32.1. The third kappa shape index (κ3) is 5.64. The first-order valence-corrected chi connectivity index (χ1v) is 16.0. The number of methoxy groups -OCH3 is 2. The van der Waals surface area contributed by atoms with Crippen LogP contribution in [0, 0.1) is 13.8 Å². The summed E-state index contributed by atoms with van der Waals surface area (Å²) in [5.74, 6) is 0.354. The van der Waals surface area contributed by atoms with Crippen molar-refractivity contribution < 1.29 is 23.7 Å². The molecule has 2 aromatic heterocycles. The molecule has 4 aromatic rings. The monoisotopic (exact) mass is 627 g/mol. The molecule has 2 aliphatic heterocycles. The van der Waals surface area contributed by atoms with E-state index in [-0.39, 0.29) is 23.8 Å². The predicted molar refractivity (Wildman–Crippen MR) is 173 cm³/mol. The maximum atomic E-state index is 14.4. The number of carbonyl (C=O) groups excluding carboxylic acids is 1. The molecule has 2 aromatic carbocycles. The number of ether oxygens (including phenoxy) is 4. The summed E-state index contributed by atoms with van der Waals surface area (Å²) in [6.07, 6.45) is 4.25. The second-order valence-corrected chi connectivity index (χ2v) is 12.1. The molecule has 0 radical (unpaired) electrons. The SMILES string of the molecule is CCOC(=O)C1=C(c2ccccc2)N=c2s/c(=C\c3cc(C)n(C[C@H]4CCCO4)c3C)c(=O)n2[C@@H]1c1cccc(OC)c1OC. The largest absolute Gasteiger partial charge is 0.493 e. The summed E-state index contributed by atoms with van der Waals surface area (Å²) in [5, 5.41) is 0. The summed E-state index contributed by atoms with van der Waals surface area (Å²) in [7, 11) is 3.10. The molecular weight excluding hydrogens is 590 g/mol. The van der Waals surface area contributed by atoms with Crippen molar-refractivity contribution in [3.63, 3.8) is 0 Å². The second kappa shape index (κ2) is 12.9. The average molecular weight is 628 g/mol. The number of aryl methyl sites for hydroxylation is 1. The van der Waals surface area contributed by atoms with E-state index in [0.717, 1.165) is 48.5 Å². The van der Waals surface area contributed by atoms with Gasteiger partial charge in [0.2, 0.25) is 0 Å². The van der Waals surface area contributed by atoms with Gasteiger partial charge in [-0.25, -0.2) is 9.79 Å². The lowest BCUT2D eigenvalue weighted by atomic mass is 9.92. The summed E-state index contributed by atoms with van der Waals surface area (Å²) in [4.78, 5) is 33.7. The van der Waals surface area contributed by atoms with Crippen molar-refractivity contribution in [2.45, 2.75) is 52.3 Å². The lowest BCUT2D eigenvalue weighted by Crippen LogP contribution is -2.40. The molecule has 0 bridgehead atoms. The van der Waals surface area contributed by atoms with Gasteiger partial charge in [0.25, 0.3) is 5.56 Å². The molecule has 0 amide bonds. The lowest BCUT2D eigenvalue weighted by Gasteiger charge is -2.27. The fourth-order valence-electron chi connectivity index (χ4n) is 6.25. The van der Waals surface area contributed by atoms with Crippen molar-refractivity contribution in [2.24, 2.45) is 4.99 Å². The van der Waals surface area contributed by atoms with Gasteiger partial charge in [0.05, 0.1) is 42.7 Å². The van der Waals surface area contributed by atoms with Crippen LogP contribution in [0.5, 0.6) is 11.5 Å². The lowest BCUT2D eigenvalue weighted by molar-refractivity contribution is -0.138. The molecule has 1 fully saturated rings. The van der Waals surface area contributed by atoms with Crippen molar-refractivity contribution >= 4 is 29.1 Å². The van der Waals surface area contributed by atoms with Crippen LogP contribution in [0.4, 0.5) is 0 Å². The highest BCUT2D eigenvalue weighted by Crippen LogP contribution is 2.42. The summed E-state index contributed by atoms with van der Waals surface area (Å²) in [6.45, 7) is 7.65. The van der Waals surface area contributed by atoms with Crippen molar-refractivity contribution in [2.75, 3.05) is 27.4 Å². The van der Waals surface area contributed by atoms with Gasteiger partial charge in [-0.2, -0.15) is 0 Å². The van der Waals surface area contributed by atoms with Crippen LogP contribution in [0.3, 0.4) is 0 Å². The van der Waals surface area contributed by atoms with Crippen LogP contribution in [0.15, 0.2) is 70.0 Å². The van der Waals surface area contributed by atoms with Gasteiger partial charge < -0.3 is 23.5 Å². The van der Waals surface area contributed by atoms with E-state index in [1.807, 2.05) is 48.5 Å². The van der Waals surface area contributed by atoms with Crippen molar-refractivity contribution in [3.05, 3.63) is 108 Å². The quantitative estimate of drug-likeness (QED) is 0.253. The molecule has 1 saturated heterocycles. The molecule has 10 heteroatoms. The van der Waals surface area contributed by atoms with Gasteiger partial charge >= 0.3 is 5.97 Å². The molecule has 9 nitrogen and oxygen atoms in total. The van der Waals surface area contributed by atoms with E-state index >= 15 is 0 Å². The summed E-state index contributed by atoms with van der Waals surface area (Å²) in [6, 6.07) is 16.2. The van der Waals surface area contributed by atoms with E-state index in [1.54, 1.807) is 31.8 Å². The number of carbonyl (C=O) groups is 1. The third-order valence-electron chi connectivity index (χ3n) is 8.41. The van der Waals surface area contributed by atoms with Gasteiger partial charge in [0, 0.05) is 35.7 Å². The molecule has 234 valence electrons. The number of thiazole rings is 1. The van der Waals surface area contributed by atoms with Crippen molar-refractivity contribution in [3.8, 4) is 11.5 Å². The Morgan fingerprint density at radius 3 is 2.60 bits per heavy atom. The zero-order valence-electron chi connectivity index (χ0n) is 26.2. The topological polar surface area (TPSA) is 93.3 Å². The second-order valence-electron chi connectivity index (χ2n) is 11.1. The molecule has 0 spiro atoms. The number of rotatable bonds is 9. The zero-order chi connectivity index (χ0) is 31.7. The summed E-state index contributed by atoms with van der Waals surface area (Å²) >= 11 is 1.30. The fraction of sp³-hybridized carbons (Fsp3) is 0.343. The van der Waals surface area contributed by atoms with E-state index < -0.39 is 12.0 Å². The number of hydrogen-bond acceptors (Lipinski definition) is 8. The zero-order valence-corrected chi connectivity index (χ0v) is 27.0. The molecule has 0 aliphatic carbocycles. The van der Waals surface area contributed by atoms with Crippen LogP contribution >= 0.6 is 11.3 Å². The van der Waals surface area contributed by atoms with E-state index in [1.165, 1.54) is 11.3 Å². The Kier molecular flexibility index (Phi) is 8.78. The van der Waals surface area contributed by atoms with Crippen LogP contribution < -0.4 is 24.4 Å². The number of esters is 1. The number of nitrogens with zero attached hydrogens (tertiary/aromatic N) is 3. The van der Waals surface area contributed by atoms with Gasteiger partial charge in [-0.15, -0.1) is 0 Å². The standard InChI is InChI=1S/C35H37N3O6S/c1-6-43-34(40)29-30(23-12-8-7-9-13-23)36-35-38(31(29)26-15-10-16-27(41-4)32(26)42-5)33(39)28(45-35)19-24-18-21(2)37(22(24)3)20-25-14-11-17-44-25/h7-10,12-13,15-16,18-19,25,31H,6,11,14,17,20H2,1-5H3/b28-19-/t25-,31-/m1/s1. The van der Waals surface area contributed by atoms with E-state index in [4.69, 9.17) is 23.9 Å². The molecule has 45 heavy (non-hydrogen) atoms. The highest BCUT2D eigenvalue weighted by Gasteiger charge is 2.37. The number of hydrogen-bond donors (Lipinski definition) is 0. The maximum absolute atomic E-state index is 14.4. The average Bonchev–Trinajstić information content (AvgIpc) is 3.75. The Bertz CT molecular complexity index is 1950. The highest BCUT2D eigenvalue weighted by molar-refractivity contribution is 7.07. The van der Waals surface area contributed by atoms with Crippen LogP contribution in [0.1, 0.15) is 53.9 Å². The first kappa shape index (κ1) is 30.6. The van der Waals surface area contributed by atoms with E-state index in [0.29, 0.717) is 32.1 Å². The number of aromatic nitrogens is 2. The van der Waals surface area contributed by atoms with Crippen molar-refractivity contribution in [1.29, 1.82) is 0 Å². The molecular formula is C35H37N3O6S. The van der Waals surface area contributed by atoms with E-state index in [2.05, 4.69) is 24.5 Å². The first-order chi connectivity index (χ1) is 21.9. The fourth-order valence-corrected chi connectivity index (χ4v) is 7.24. The molecule has 0 N–H and O–H groups in total. The molecule has 0 unspecified atom stereocenters. The first-order valence-electron chi connectivity index (χ1n) is 15.1. The van der Waals surface area contributed by atoms with E-state index in [9.17, 15) is 9.59 Å². The van der Waals surface area contributed by atoms with Gasteiger partial charge in [-0.05, 0) is 57.4 Å². The minimum Gasteiger partial charge on any atom is -0.493 e. The summed E-state index contributed by atoms with van der Waals surface area (Å²) in [5.41, 5.74) is 4.91.